The van der Waals surface area contributed by atoms with Gasteiger partial charge in [-0.15, -0.1) is 0 Å². The minimum absolute atomic E-state index is 0.409. The van der Waals surface area contributed by atoms with E-state index in [2.05, 4.69) is 34.3 Å². The van der Waals surface area contributed by atoms with Gasteiger partial charge in [-0.1, -0.05) is 60.7 Å². The molecule has 1 amide bonds. The van der Waals surface area contributed by atoms with Crippen LogP contribution in [0.25, 0.3) is 11.8 Å². The molecule has 0 unspecified atom stereocenters. The molecule has 0 radical (unpaired) electrons. The number of piperazine rings is 1. The molecule has 6 heteroatoms. The Hall–Kier alpha value is -3.51. The van der Waals surface area contributed by atoms with Gasteiger partial charge in [0.2, 0.25) is 0 Å². The summed E-state index contributed by atoms with van der Waals surface area (Å²) < 4.78 is 1.73. The van der Waals surface area contributed by atoms with Crippen molar-refractivity contribution >= 4 is 17.8 Å². The Balaban J connectivity index is 1.37. The largest absolute Gasteiger partial charge is 0.333 e. The third-order valence-corrected chi connectivity index (χ3v) is 5.85. The maximum absolute atomic E-state index is 13.1. The molecule has 0 saturated carbocycles. The van der Waals surface area contributed by atoms with Crippen LogP contribution in [0.4, 0.5) is 0 Å². The topological polar surface area (TPSA) is 58.4 Å². The smallest absolute Gasteiger partial charge is 0.295 e. The van der Waals surface area contributed by atoms with Gasteiger partial charge in [-0.2, -0.15) is 5.10 Å². The van der Waals surface area contributed by atoms with Crippen LogP contribution in [0.1, 0.15) is 27.3 Å². The SMILES string of the molecule is Cc1nn(-c2ccccc2)c(C)c1C(=O)C(=O)N1CCN(C/C=C/c2ccccc2)CC1. The van der Waals surface area contributed by atoms with Crippen molar-refractivity contribution < 1.29 is 9.59 Å². The number of amides is 1. The zero-order valence-corrected chi connectivity index (χ0v) is 18.6. The first-order valence-corrected chi connectivity index (χ1v) is 10.9. The predicted molar refractivity (Wildman–Crippen MR) is 126 cm³/mol. The highest BCUT2D eigenvalue weighted by Gasteiger charge is 2.30. The Morgan fingerprint density at radius 1 is 0.906 bits per heavy atom. The van der Waals surface area contributed by atoms with E-state index >= 15 is 0 Å². The summed E-state index contributed by atoms with van der Waals surface area (Å²) in [4.78, 5) is 30.0. The van der Waals surface area contributed by atoms with Gasteiger partial charge in [0.1, 0.15) is 0 Å². The summed E-state index contributed by atoms with van der Waals surface area (Å²) in [6.45, 7) is 7.05. The van der Waals surface area contributed by atoms with Gasteiger partial charge in [0.05, 0.1) is 22.6 Å². The number of rotatable bonds is 6. The maximum Gasteiger partial charge on any atom is 0.295 e. The number of carbonyl (C=O) groups excluding carboxylic acids is 2. The monoisotopic (exact) mass is 428 g/mol. The zero-order valence-electron chi connectivity index (χ0n) is 18.6. The van der Waals surface area contributed by atoms with Gasteiger partial charge in [-0.05, 0) is 31.5 Å². The zero-order chi connectivity index (χ0) is 22.5. The minimum Gasteiger partial charge on any atom is -0.333 e. The second-order valence-corrected chi connectivity index (χ2v) is 8.03. The molecule has 0 N–H and O–H groups in total. The first-order valence-electron chi connectivity index (χ1n) is 10.9. The van der Waals surface area contributed by atoms with Crippen LogP contribution in [0, 0.1) is 13.8 Å². The number of benzene rings is 2. The summed E-state index contributed by atoms with van der Waals surface area (Å²) in [7, 11) is 0. The number of para-hydroxylation sites is 1. The van der Waals surface area contributed by atoms with Crippen molar-refractivity contribution in [2.24, 2.45) is 0 Å². The molecular weight excluding hydrogens is 400 g/mol. The highest BCUT2D eigenvalue weighted by Crippen LogP contribution is 2.19. The number of ketones is 1. The lowest BCUT2D eigenvalue weighted by Crippen LogP contribution is -2.50. The Morgan fingerprint density at radius 3 is 2.19 bits per heavy atom. The van der Waals surface area contributed by atoms with Gasteiger partial charge >= 0.3 is 0 Å². The molecule has 1 aliphatic heterocycles. The Morgan fingerprint density at radius 2 is 1.53 bits per heavy atom. The fourth-order valence-corrected chi connectivity index (χ4v) is 4.08. The van der Waals surface area contributed by atoms with Gasteiger partial charge < -0.3 is 4.90 Å². The number of aryl methyl sites for hydroxylation is 1. The van der Waals surface area contributed by atoms with Crippen LogP contribution < -0.4 is 0 Å². The average molecular weight is 429 g/mol. The van der Waals surface area contributed by atoms with E-state index in [0.29, 0.717) is 30.0 Å². The first kappa shape index (κ1) is 21.7. The average Bonchev–Trinajstić information content (AvgIpc) is 3.13. The van der Waals surface area contributed by atoms with E-state index in [1.54, 1.807) is 16.5 Å². The lowest BCUT2D eigenvalue weighted by molar-refractivity contribution is -0.128. The van der Waals surface area contributed by atoms with Crippen molar-refractivity contribution in [3.63, 3.8) is 0 Å². The van der Waals surface area contributed by atoms with Crippen molar-refractivity contribution in [3.05, 3.63) is 89.3 Å². The lowest BCUT2D eigenvalue weighted by atomic mass is 10.1. The predicted octanol–water partition coefficient (Wildman–Crippen LogP) is 3.53. The number of aromatic nitrogens is 2. The number of Topliss-reactive ketones (excluding diaryl/α,β-unsaturated/α-hetero) is 1. The van der Waals surface area contributed by atoms with Crippen molar-refractivity contribution in [2.45, 2.75) is 13.8 Å². The maximum atomic E-state index is 13.1. The lowest BCUT2D eigenvalue weighted by Gasteiger charge is -2.33. The van der Waals surface area contributed by atoms with Crippen molar-refractivity contribution in [1.82, 2.24) is 19.6 Å². The molecule has 1 saturated heterocycles. The fraction of sp³-hybridized carbons (Fsp3) is 0.269. The molecule has 2 aromatic carbocycles. The summed E-state index contributed by atoms with van der Waals surface area (Å²) in [5.41, 5.74) is 3.73. The highest BCUT2D eigenvalue weighted by atomic mass is 16.2. The number of nitrogens with zero attached hydrogens (tertiary/aromatic N) is 4. The summed E-state index contributed by atoms with van der Waals surface area (Å²) in [5.74, 6) is -0.914. The molecular formula is C26H28N4O2. The van der Waals surface area contributed by atoms with Crippen molar-refractivity contribution in [1.29, 1.82) is 0 Å². The van der Waals surface area contributed by atoms with Crippen LogP contribution in [0.3, 0.4) is 0 Å². The van der Waals surface area contributed by atoms with Crippen LogP contribution in [-0.2, 0) is 4.79 Å². The Labute approximate surface area is 188 Å². The second kappa shape index (κ2) is 9.75. The van der Waals surface area contributed by atoms with Crippen LogP contribution in [0.5, 0.6) is 0 Å². The first-order chi connectivity index (χ1) is 15.5. The molecule has 0 atom stereocenters. The van der Waals surface area contributed by atoms with Gasteiger partial charge in [-0.3, -0.25) is 14.5 Å². The third kappa shape index (κ3) is 4.70. The Kier molecular flexibility index (Phi) is 6.61. The molecule has 0 aliphatic carbocycles. The summed E-state index contributed by atoms with van der Waals surface area (Å²) >= 11 is 0. The van der Waals surface area contributed by atoms with E-state index in [4.69, 9.17) is 0 Å². The second-order valence-electron chi connectivity index (χ2n) is 8.03. The Bertz CT molecular complexity index is 1110. The summed E-state index contributed by atoms with van der Waals surface area (Å²) in [5, 5.41) is 4.51. The van der Waals surface area contributed by atoms with E-state index in [9.17, 15) is 9.59 Å². The normalized spacial score (nSPS) is 14.8. The van der Waals surface area contributed by atoms with E-state index < -0.39 is 11.7 Å². The summed E-state index contributed by atoms with van der Waals surface area (Å²) in [6.07, 6.45) is 4.25. The van der Waals surface area contributed by atoms with Crippen molar-refractivity contribution in [3.8, 4) is 5.69 Å². The van der Waals surface area contributed by atoms with Gasteiger partial charge in [0.25, 0.3) is 11.7 Å². The third-order valence-electron chi connectivity index (χ3n) is 5.85. The molecule has 1 fully saturated rings. The molecule has 1 aromatic heterocycles. The standard InChI is InChI=1S/C26H28N4O2/c1-20-24(21(2)30(27-20)23-13-7-4-8-14-23)25(31)26(32)29-18-16-28(17-19-29)15-9-12-22-10-5-3-6-11-22/h3-14H,15-19H2,1-2H3/b12-9+. The van der Waals surface area contributed by atoms with Crippen molar-refractivity contribution in [2.75, 3.05) is 32.7 Å². The van der Waals surface area contributed by atoms with E-state index in [-0.39, 0.29) is 0 Å². The van der Waals surface area contributed by atoms with Crippen LogP contribution >= 0.6 is 0 Å². The summed E-state index contributed by atoms with van der Waals surface area (Å²) in [6, 6.07) is 19.8. The van der Waals surface area contributed by atoms with Crippen LogP contribution in [0.2, 0.25) is 0 Å². The van der Waals surface area contributed by atoms with E-state index in [1.165, 1.54) is 5.56 Å². The van der Waals surface area contributed by atoms with Crippen LogP contribution in [-0.4, -0.2) is 64.0 Å². The molecule has 32 heavy (non-hydrogen) atoms. The molecule has 3 aromatic rings. The molecule has 0 bridgehead atoms. The molecule has 2 heterocycles. The molecule has 4 rings (SSSR count). The fourth-order valence-electron chi connectivity index (χ4n) is 4.08. The van der Waals surface area contributed by atoms with Gasteiger partial charge in [0.15, 0.2) is 0 Å². The van der Waals surface area contributed by atoms with Crippen LogP contribution in [0.15, 0.2) is 66.7 Å². The highest BCUT2D eigenvalue weighted by molar-refractivity contribution is 6.43. The molecule has 164 valence electrons. The molecule has 6 nitrogen and oxygen atoms in total. The minimum atomic E-state index is -0.473. The quantitative estimate of drug-likeness (QED) is 0.445. The van der Waals surface area contributed by atoms with Gasteiger partial charge in [-0.25, -0.2) is 4.68 Å². The number of carbonyl (C=O) groups is 2. The van der Waals surface area contributed by atoms with E-state index in [0.717, 1.165) is 25.3 Å². The molecule has 0 spiro atoms. The molecule has 1 aliphatic rings. The number of hydrogen-bond acceptors (Lipinski definition) is 4. The van der Waals surface area contributed by atoms with Gasteiger partial charge in [0, 0.05) is 32.7 Å². The number of hydrogen-bond donors (Lipinski definition) is 0. The van der Waals surface area contributed by atoms with E-state index in [1.807, 2.05) is 55.5 Å².